The highest BCUT2D eigenvalue weighted by Gasteiger charge is 2.53. The third-order valence-electron chi connectivity index (χ3n) is 6.10. The van der Waals surface area contributed by atoms with Crippen molar-refractivity contribution >= 4 is 0 Å². The van der Waals surface area contributed by atoms with Crippen LogP contribution in [0.5, 0.6) is 28.7 Å². The normalized spacial score (nSPS) is 23.5. The highest BCUT2D eigenvalue weighted by molar-refractivity contribution is 5.55. The van der Waals surface area contributed by atoms with Crippen molar-refractivity contribution in [2.75, 3.05) is 7.11 Å². The minimum Gasteiger partial charge on any atom is -0.508 e. The quantitative estimate of drug-likeness (QED) is 0.703. The third kappa shape index (κ3) is 3.06. The summed E-state index contributed by atoms with van der Waals surface area (Å²) in [6.07, 6.45) is 1.16. The number of phenolic OH excluding ortho intramolecular Hbond substituents is 1. The van der Waals surface area contributed by atoms with Gasteiger partial charge in [0.05, 0.1) is 13.7 Å². The maximum atomic E-state index is 10.2. The molecule has 2 aromatic carbocycles. The Hall–Kier alpha value is -2.60. The lowest BCUT2D eigenvalue weighted by Gasteiger charge is -2.51. The number of benzene rings is 2. The number of hydrogen-bond acceptors (Lipinski definition) is 6. The second-order valence-electron chi connectivity index (χ2n) is 9.39. The van der Waals surface area contributed by atoms with Crippen LogP contribution < -0.4 is 14.2 Å². The van der Waals surface area contributed by atoms with Crippen LogP contribution in [0, 0.1) is 0 Å². The molecular weight excluding hydrogens is 372 g/mol. The van der Waals surface area contributed by atoms with Gasteiger partial charge in [0.25, 0.3) is 5.79 Å². The standard InChI is InChI=1S/C23H28O6/c1-21(2)11-23(28-18-6-13(10-24)16(25)7-14(18)21)12-22(3,4)15-8-17(26)20(27-5)9-19(15)29-23/h6-9,24-26H,10-12H2,1-5H3. The number of rotatable bonds is 2. The lowest BCUT2D eigenvalue weighted by atomic mass is 9.69. The SMILES string of the molecule is COc1cc2c(cc1O)C(C)(C)CC1(CC(C)(C)c3cc(O)c(CO)cc3O1)O2. The molecular formula is C23H28O6. The number of aromatic hydroxyl groups is 2. The maximum Gasteiger partial charge on any atom is 0.252 e. The van der Waals surface area contributed by atoms with Gasteiger partial charge < -0.3 is 29.5 Å². The van der Waals surface area contributed by atoms with E-state index in [1.165, 1.54) is 7.11 Å². The lowest BCUT2D eigenvalue weighted by molar-refractivity contribution is -0.166. The van der Waals surface area contributed by atoms with E-state index in [-0.39, 0.29) is 28.9 Å². The molecule has 0 radical (unpaired) electrons. The summed E-state index contributed by atoms with van der Waals surface area (Å²) in [4.78, 5) is 0. The number of hydrogen-bond donors (Lipinski definition) is 3. The Morgan fingerprint density at radius 1 is 0.862 bits per heavy atom. The zero-order valence-corrected chi connectivity index (χ0v) is 17.5. The fraction of sp³-hybridized carbons (Fsp3) is 0.478. The smallest absolute Gasteiger partial charge is 0.252 e. The van der Waals surface area contributed by atoms with Gasteiger partial charge in [0, 0.05) is 46.4 Å². The van der Waals surface area contributed by atoms with E-state index in [2.05, 4.69) is 27.7 Å². The molecule has 0 aliphatic carbocycles. The summed E-state index contributed by atoms with van der Waals surface area (Å²) >= 11 is 0. The Balaban J connectivity index is 1.84. The van der Waals surface area contributed by atoms with E-state index in [9.17, 15) is 15.3 Å². The molecule has 0 saturated heterocycles. The van der Waals surface area contributed by atoms with Crippen LogP contribution in [-0.2, 0) is 17.4 Å². The molecule has 6 heteroatoms. The van der Waals surface area contributed by atoms with E-state index in [1.54, 1.807) is 24.3 Å². The Labute approximate surface area is 170 Å². The summed E-state index contributed by atoms with van der Waals surface area (Å²) in [6.45, 7) is 8.12. The average molecular weight is 400 g/mol. The molecule has 2 aliphatic rings. The van der Waals surface area contributed by atoms with E-state index in [0.29, 0.717) is 35.7 Å². The lowest BCUT2D eigenvalue weighted by Crippen LogP contribution is -2.55. The van der Waals surface area contributed by atoms with E-state index in [1.807, 2.05) is 0 Å². The van der Waals surface area contributed by atoms with Gasteiger partial charge in [-0.15, -0.1) is 0 Å². The molecule has 0 amide bonds. The van der Waals surface area contributed by atoms with Crippen LogP contribution >= 0.6 is 0 Å². The van der Waals surface area contributed by atoms with Crippen LogP contribution in [0.1, 0.15) is 57.2 Å². The molecule has 0 saturated carbocycles. The van der Waals surface area contributed by atoms with Gasteiger partial charge in [-0.3, -0.25) is 0 Å². The van der Waals surface area contributed by atoms with E-state index in [4.69, 9.17) is 14.2 Å². The average Bonchev–Trinajstić information content (AvgIpc) is 2.61. The molecule has 0 bridgehead atoms. The van der Waals surface area contributed by atoms with E-state index >= 15 is 0 Å². The molecule has 1 spiro atoms. The highest BCUT2D eigenvalue weighted by Crippen LogP contribution is 2.55. The molecule has 2 heterocycles. The minimum absolute atomic E-state index is 0.0642. The molecule has 0 aromatic heterocycles. The van der Waals surface area contributed by atoms with Crippen LogP contribution in [0.2, 0.25) is 0 Å². The van der Waals surface area contributed by atoms with Gasteiger partial charge in [-0.2, -0.15) is 0 Å². The Kier molecular flexibility index (Phi) is 4.21. The first kappa shape index (κ1) is 19.7. The largest absolute Gasteiger partial charge is 0.508 e. The van der Waals surface area contributed by atoms with E-state index < -0.39 is 5.79 Å². The Bertz CT molecular complexity index is 896. The monoisotopic (exact) mass is 400 g/mol. The first-order valence-electron chi connectivity index (χ1n) is 9.77. The first-order valence-corrected chi connectivity index (χ1v) is 9.77. The molecule has 4 rings (SSSR count). The van der Waals surface area contributed by atoms with Gasteiger partial charge >= 0.3 is 0 Å². The van der Waals surface area contributed by atoms with Crippen LogP contribution in [0.4, 0.5) is 0 Å². The molecule has 0 fully saturated rings. The summed E-state index contributed by atoms with van der Waals surface area (Å²) < 4.78 is 18.2. The number of aliphatic hydroxyl groups is 1. The predicted octanol–water partition coefficient (Wildman–Crippen LogP) is 4.12. The predicted molar refractivity (Wildman–Crippen MR) is 108 cm³/mol. The second-order valence-corrected chi connectivity index (χ2v) is 9.39. The van der Waals surface area contributed by atoms with Gasteiger partial charge in [0.15, 0.2) is 11.5 Å². The van der Waals surface area contributed by atoms with E-state index in [0.717, 1.165) is 11.1 Å². The van der Waals surface area contributed by atoms with Gasteiger partial charge in [0.2, 0.25) is 0 Å². The minimum atomic E-state index is -0.918. The van der Waals surface area contributed by atoms with Gasteiger partial charge in [-0.1, -0.05) is 27.7 Å². The van der Waals surface area contributed by atoms with Crippen LogP contribution in [0.25, 0.3) is 0 Å². The molecule has 1 unspecified atom stereocenters. The van der Waals surface area contributed by atoms with Crippen molar-refractivity contribution in [3.05, 3.63) is 41.0 Å². The summed E-state index contributed by atoms with van der Waals surface area (Å²) in [6, 6.07) is 6.77. The Morgan fingerprint density at radius 3 is 1.90 bits per heavy atom. The number of ether oxygens (including phenoxy) is 3. The number of methoxy groups -OCH3 is 1. The fourth-order valence-electron chi connectivity index (χ4n) is 4.84. The number of phenols is 2. The van der Waals surface area contributed by atoms with Crippen molar-refractivity contribution in [2.24, 2.45) is 0 Å². The number of aliphatic hydroxyl groups excluding tert-OH is 1. The molecule has 29 heavy (non-hydrogen) atoms. The molecule has 6 nitrogen and oxygen atoms in total. The highest BCUT2D eigenvalue weighted by atomic mass is 16.7. The maximum absolute atomic E-state index is 10.2. The van der Waals surface area contributed by atoms with Crippen molar-refractivity contribution < 1.29 is 29.5 Å². The molecule has 156 valence electrons. The van der Waals surface area contributed by atoms with Crippen LogP contribution in [-0.4, -0.2) is 28.2 Å². The fourth-order valence-corrected chi connectivity index (χ4v) is 4.84. The summed E-state index contributed by atoms with van der Waals surface area (Å²) in [7, 11) is 1.50. The van der Waals surface area contributed by atoms with Crippen molar-refractivity contribution in [3.63, 3.8) is 0 Å². The second kappa shape index (κ2) is 6.20. The zero-order valence-electron chi connectivity index (χ0n) is 17.5. The third-order valence-corrected chi connectivity index (χ3v) is 6.10. The van der Waals surface area contributed by atoms with Gasteiger partial charge in [-0.25, -0.2) is 0 Å². The molecule has 1 atom stereocenters. The molecule has 3 N–H and O–H groups in total. The summed E-state index contributed by atoms with van der Waals surface area (Å²) in [5.74, 6) is 0.800. The van der Waals surface area contributed by atoms with Crippen LogP contribution in [0.3, 0.4) is 0 Å². The number of fused-ring (bicyclic) bond motifs is 2. The van der Waals surface area contributed by atoms with Crippen molar-refractivity contribution in [2.45, 2.75) is 63.8 Å². The Morgan fingerprint density at radius 2 is 1.38 bits per heavy atom. The zero-order chi connectivity index (χ0) is 21.2. The van der Waals surface area contributed by atoms with Crippen molar-refractivity contribution in [3.8, 4) is 28.7 Å². The van der Waals surface area contributed by atoms with Crippen molar-refractivity contribution in [1.29, 1.82) is 0 Å². The summed E-state index contributed by atoms with van der Waals surface area (Å²) in [5, 5.41) is 30.0. The van der Waals surface area contributed by atoms with Gasteiger partial charge in [0.1, 0.15) is 17.2 Å². The summed E-state index contributed by atoms with van der Waals surface area (Å²) in [5.41, 5.74) is 1.55. The van der Waals surface area contributed by atoms with Crippen LogP contribution in [0.15, 0.2) is 24.3 Å². The van der Waals surface area contributed by atoms with Crippen molar-refractivity contribution in [1.82, 2.24) is 0 Å². The van der Waals surface area contributed by atoms with Gasteiger partial charge in [-0.05, 0) is 18.2 Å². The topological polar surface area (TPSA) is 88.4 Å². The molecule has 2 aromatic rings. The first-order chi connectivity index (χ1) is 13.5. The molecule has 2 aliphatic heterocycles.